The number of aliphatic carboxylic acids is 1. The second kappa shape index (κ2) is 7.77. The first-order valence-electron chi connectivity index (χ1n) is 8.60. The Balaban J connectivity index is 2.29. The molecule has 1 amide bonds. The van der Waals surface area contributed by atoms with Crippen molar-refractivity contribution < 1.29 is 19.4 Å². The molecule has 1 fully saturated rings. The van der Waals surface area contributed by atoms with Crippen molar-refractivity contribution in [3.8, 4) is 0 Å². The lowest BCUT2D eigenvalue weighted by Crippen LogP contribution is -2.42. The molecule has 5 nitrogen and oxygen atoms in total. The fraction of sp³-hybridized carbons (Fsp3) is 0.579. The molecule has 1 unspecified atom stereocenters. The molecule has 1 saturated carbocycles. The van der Waals surface area contributed by atoms with Gasteiger partial charge in [-0.05, 0) is 45.2 Å². The van der Waals surface area contributed by atoms with Gasteiger partial charge in [0.15, 0.2) is 0 Å². The van der Waals surface area contributed by atoms with Crippen LogP contribution in [-0.2, 0) is 9.53 Å². The largest absolute Gasteiger partial charge is 0.481 e. The van der Waals surface area contributed by atoms with Gasteiger partial charge in [0.25, 0.3) is 0 Å². The van der Waals surface area contributed by atoms with Gasteiger partial charge in [0.2, 0.25) is 0 Å². The Labute approximate surface area is 157 Å². The van der Waals surface area contributed by atoms with Gasteiger partial charge in [-0.2, -0.15) is 0 Å². The Morgan fingerprint density at radius 1 is 1.28 bits per heavy atom. The third-order valence-corrected chi connectivity index (χ3v) is 5.44. The highest BCUT2D eigenvalue weighted by Crippen LogP contribution is 2.50. The van der Waals surface area contributed by atoms with Gasteiger partial charge in [-0.25, -0.2) is 4.79 Å². The Kier molecular flexibility index (Phi) is 6.14. The number of carboxylic acids is 1. The summed E-state index contributed by atoms with van der Waals surface area (Å²) in [5.74, 6) is -1.12. The maximum absolute atomic E-state index is 12.2. The van der Waals surface area contributed by atoms with Gasteiger partial charge < -0.3 is 15.2 Å². The maximum Gasteiger partial charge on any atom is 0.407 e. The molecular weight excluding hydrogens is 386 g/mol. The highest BCUT2D eigenvalue weighted by atomic mass is 79.9. The number of benzene rings is 1. The maximum atomic E-state index is 12.2. The van der Waals surface area contributed by atoms with Crippen molar-refractivity contribution in [1.29, 1.82) is 0 Å². The van der Waals surface area contributed by atoms with Crippen molar-refractivity contribution in [1.82, 2.24) is 5.32 Å². The molecule has 1 aromatic carbocycles. The van der Waals surface area contributed by atoms with E-state index in [1.165, 1.54) is 0 Å². The zero-order valence-corrected chi connectivity index (χ0v) is 16.6. The molecule has 6 heteroatoms. The Hall–Kier alpha value is -1.56. The van der Waals surface area contributed by atoms with Gasteiger partial charge in [-0.3, -0.25) is 4.79 Å². The van der Waals surface area contributed by atoms with Crippen molar-refractivity contribution >= 4 is 28.0 Å². The van der Waals surface area contributed by atoms with Gasteiger partial charge in [0.05, 0.1) is 5.41 Å². The van der Waals surface area contributed by atoms with E-state index < -0.39 is 23.1 Å². The van der Waals surface area contributed by atoms with Crippen molar-refractivity contribution in [3.63, 3.8) is 0 Å². The predicted octanol–water partition coefficient (Wildman–Crippen LogP) is 4.70. The first-order chi connectivity index (χ1) is 11.7. The zero-order valence-electron chi connectivity index (χ0n) is 15.0. The van der Waals surface area contributed by atoms with Crippen LogP contribution in [-0.4, -0.2) is 29.3 Å². The van der Waals surface area contributed by atoms with E-state index in [4.69, 9.17) is 4.74 Å². The molecule has 2 N–H and O–H groups in total. The Morgan fingerprint density at radius 3 is 2.40 bits per heavy atom. The van der Waals surface area contributed by atoms with Gasteiger partial charge in [-0.1, -0.05) is 47.0 Å². The van der Waals surface area contributed by atoms with Crippen molar-refractivity contribution in [2.45, 2.75) is 58.0 Å². The highest BCUT2D eigenvalue weighted by molar-refractivity contribution is 9.10. The van der Waals surface area contributed by atoms with Gasteiger partial charge in [0.1, 0.15) is 5.60 Å². The van der Waals surface area contributed by atoms with Crippen LogP contribution in [0.15, 0.2) is 28.7 Å². The first-order valence-corrected chi connectivity index (χ1v) is 9.40. The number of nitrogens with one attached hydrogen (secondary N) is 1. The molecule has 1 aromatic rings. The van der Waals surface area contributed by atoms with E-state index in [0.717, 1.165) is 22.9 Å². The number of carbonyl (C=O) groups excluding carboxylic acids is 1. The van der Waals surface area contributed by atoms with Crippen LogP contribution in [0.1, 0.15) is 57.9 Å². The number of hydrogen-bond acceptors (Lipinski definition) is 3. The summed E-state index contributed by atoms with van der Waals surface area (Å²) in [4.78, 5) is 24.2. The van der Waals surface area contributed by atoms with Crippen LogP contribution in [0, 0.1) is 5.41 Å². The molecule has 0 spiro atoms. The molecule has 0 saturated heterocycles. The van der Waals surface area contributed by atoms with E-state index in [1.807, 2.05) is 24.3 Å². The van der Waals surface area contributed by atoms with E-state index in [2.05, 4.69) is 21.2 Å². The average Bonchev–Trinajstić information content (AvgIpc) is 2.98. The SMILES string of the molecule is CC(C)(C)OC(=O)NCC(c1ccccc1Br)C1(C(=O)O)CCCC1. The number of carboxylic acid groups (broad SMARTS) is 1. The fourth-order valence-electron chi connectivity index (χ4n) is 3.58. The summed E-state index contributed by atoms with van der Waals surface area (Å²) in [6.07, 6.45) is 2.48. The number of hydrogen-bond donors (Lipinski definition) is 2. The molecule has 0 heterocycles. The van der Waals surface area contributed by atoms with Crippen LogP contribution in [0.3, 0.4) is 0 Å². The van der Waals surface area contributed by atoms with Gasteiger partial charge in [-0.15, -0.1) is 0 Å². The summed E-state index contributed by atoms with van der Waals surface area (Å²) in [7, 11) is 0. The lowest BCUT2D eigenvalue weighted by molar-refractivity contribution is -0.150. The molecular formula is C19H26BrNO4. The molecule has 1 aliphatic rings. The minimum absolute atomic E-state index is 0.226. The molecule has 0 bridgehead atoms. The van der Waals surface area contributed by atoms with Crippen molar-refractivity contribution in [2.24, 2.45) is 5.41 Å². The van der Waals surface area contributed by atoms with E-state index in [1.54, 1.807) is 20.8 Å². The molecule has 0 aromatic heterocycles. The van der Waals surface area contributed by atoms with Crippen LogP contribution < -0.4 is 5.32 Å². The highest BCUT2D eigenvalue weighted by Gasteiger charge is 2.49. The number of halogens is 1. The molecule has 1 aliphatic carbocycles. The molecule has 0 aliphatic heterocycles. The number of ether oxygens (including phenoxy) is 1. The number of amides is 1. The molecule has 0 radical (unpaired) electrons. The van der Waals surface area contributed by atoms with E-state index >= 15 is 0 Å². The molecule has 138 valence electrons. The van der Waals surface area contributed by atoms with Crippen LogP contribution in [0.5, 0.6) is 0 Å². The summed E-state index contributed by atoms with van der Waals surface area (Å²) >= 11 is 3.54. The van der Waals surface area contributed by atoms with Crippen LogP contribution in [0.25, 0.3) is 0 Å². The lowest BCUT2D eigenvalue weighted by Gasteiger charge is -2.35. The van der Waals surface area contributed by atoms with Crippen LogP contribution in [0.4, 0.5) is 4.79 Å². The molecule has 2 rings (SSSR count). The number of carbonyl (C=O) groups is 2. The zero-order chi connectivity index (χ0) is 18.7. The molecule has 1 atom stereocenters. The number of alkyl carbamates (subject to hydrolysis) is 1. The summed E-state index contributed by atoms with van der Waals surface area (Å²) in [6.45, 7) is 5.62. The van der Waals surface area contributed by atoms with Crippen molar-refractivity contribution in [2.75, 3.05) is 6.54 Å². The Morgan fingerprint density at radius 2 is 1.88 bits per heavy atom. The fourth-order valence-corrected chi connectivity index (χ4v) is 4.14. The minimum atomic E-state index is -0.862. The van der Waals surface area contributed by atoms with E-state index in [0.29, 0.717) is 12.8 Å². The smallest absolute Gasteiger partial charge is 0.407 e. The minimum Gasteiger partial charge on any atom is -0.481 e. The monoisotopic (exact) mass is 411 g/mol. The first kappa shape index (κ1) is 19.8. The second-order valence-electron chi connectivity index (χ2n) is 7.63. The average molecular weight is 412 g/mol. The van der Waals surface area contributed by atoms with Crippen LogP contribution in [0.2, 0.25) is 0 Å². The standard InChI is InChI=1S/C19H26BrNO4/c1-18(2,3)25-17(24)21-12-14(13-8-4-5-9-15(13)20)19(16(22)23)10-6-7-11-19/h4-5,8-9,14H,6-7,10-12H2,1-3H3,(H,21,24)(H,22,23). The van der Waals surface area contributed by atoms with Gasteiger partial charge >= 0.3 is 12.1 Å². The summed E-state index contributed by atoms with van der Waals surface area (Å²) < 4.78 is 6.16. The summed E-state index contributed by atoms with van der Waals surface area (Å²) in [5.41, 5.74) is -0.549. The molecule has 25 heavy (non-hydrogen) atoms. The predicted molar refractivity (Wildman–Crippen MR) is 99.7 cm³/mol. The third kappa shape index (κ3) is 4.75. The third-order valence-electron chi connectivity index (χ3n) is 4.72. The lowest BCUT2D eigenvalue weighted by atomic mass is 9.70. The second-order valence-corrected chi connectivity index (χ2v) is 8.48. The summed E-state index contributed by atoms with van der Waals surface area (Å²) in [6, 6.07) is 7.62. The normalized spacial score (nSPS) is 17.8. The number of rotatable bonds is 5. The van der Waals surface area contributed by atoms with E-state index in [-0.39, 0.29) is 12.5 Å². The van der Waals surface area contributed by atoms with Gasteiger partial charge in [0, 0.05) is 16.9 Å². The van der Waals surface area contributed by atoms with Crippen LogP contribution >= 0.6 is 15.9 Å². The quantitative estimate of drug-likeness (QED) is 0.735. The van der Waals surface area contributed by atoms with E-state index in [9.17, 15) is 14.7 Å². The van der Waals surface area contributed by atoms with Crippen molar-refractivity contribution in [3.05, 3.63) is 34.3 Å². The Bertz CT molecular complexity index is 633. The summed E-state index contributed by atoms with van der Waals surface area (Å²) in [5, 5.41) is 12.8. The topological polar surface area (TPSA) is 75.6 Å².